The highest BCUT2D eigenvalue weighted by molar-refractivity contribution is 7.89. The van der Waals surface area contributed by atoms with Gasteiger partial charge in [0.1, 0.15) is 16.7 Å². The molecule has 0 unspecified atom stereocenters. The van der Waals surface area contributed by atoms with Crippen molar-refractivity contribution < 1.29 is 23.1 Å². The first-order valence-electron chi connectivity index (χ1n) is 4.76. The fourth-order valence-electron chi connectivity index (χ4n) is 1.19. The van der Waals surface area contributed by atoms with E-state index in [-0.39, 0.29) is 10.6 Å². The standard InChI is InChI=1S/C10H13NO5S/c1-7(10(12)13)11-17(14,15)9-6-4-3-5-8(9)16-2/h3-7,11H,1-2H3,(H,12,13)/t7-/m0/s1. The van der Waals surface area contributed by atoms with E-state index in [4.69, 9.17) is 9.84 Å². The first kappa shape index (κ1) is 13.5. The number of aliphatic carboxylic acids is 1. The van der Waals surface area contributed by atoms with Gasteiger partial charge in [0.15, 0.2) is 0 Å². The van der Waals surface area contributed by atoms with E-state index in [0.717, 1.165) is 0 Å². The SMILES string of the molecule is COc1ccccc1S(=O)(=O)N[C@@H](C)C(=O)O. The predicted octanol–water partition coefficient (Wildman–Crippen LogP) is 0.447. The summed E-state index contributed by atoms with van der Waals surface area (Å²) in [5.41, 5.74) is 0. The monoisotopic (exact) mass is 259 g/mol. The fourth-order valence-corrected chi connectivity index (χ4v) is 2.55. The van der Waals surface area contributed by atoms with Crippen LogP contribution in [0.3, 0.4) is 0 Å². The molecule has 1 aromatic rings. The molecule has 0 heterocycles. The van der Waals surface area contributed by atoms with Crippen LogP contribution < -0.4 is 9.46 Å². The van der Waals surface area contributed by atoms with Crippen LogP contribution in [0.25, 0.3) is 0 Å². The summed E-state index contributed by atoms with van der Waals surface area (Å²) in [4.78, 5) is 10.5. The lowest BCUT2D eigenvalue weighted by Crippen LogP contribution is -2.38. The first-order chi connectivity index (χ1) is 7.88. The first-order valence-corrected chi connectivity index (χ1v) is 6.25. The van der Waals surface area contributed by atoms with Gasteiger partial charge in [-0.1, -0.05) is 12.1 Å². The van der Waals surface area contributed by atoms with Crippen LogP contribution in [-0.2, 0) is 14.8 Å². The molecule has 0 saturated carbocycles. The van der Waals surface area contributed by atoms with Gasteiger partial charge in [-0.3, -0.25) is 4.79 Å². The topological polar surface area (TPSA) is 92.7 Å². The number of nitrogens with one attached hydrogen (secondary N) is 1. The molecular formula is C10H13NO5S. The molecule has 1 aromatic carbocycles. The smallest absolute Gasteiger partial charge is 0.321 e. The molecule has 0 saturated heterocycles. The highest BCUT2D eigenvalue weighted by Gasteiger charge is 2.24. The van der Waals surface area contributed by atoms with Crippen molar-refractivity contribution in [3.63, 3.8) is 0 Å². The minimum absolute atomic E-state index is 0.0874. The second-order valence-electron chi connectivity index (χ2n) is 3.33. The van der Waals surface area contributed by atoms with Gasteiger partial charge in [0.05, 0.1) is 7.11 Å². The van der Waals surface area contributed by atoms with E-state index in [1.54, 1.807) is 6.07 Å². The van der Waals surface area contributed by atoms with Gasteiger partial charge in [-0.2, -0.15) is 4.72 Å². The minimum Gasteiger partial charge on any atom is -0.495 e. The summed E-state index contributed by atoms with van der Waals surface area (Å²) in [6.45, 7) is 1.25. The highest BCUT2D eigenvalue weighted by atomic mass is 32.2. The Balaban J connectivity index is 3.09. The maximum absolute atomic E-state index is 11.9. The van der Waals surface area contributed by atoms with E-state index in [2.05, 4.69) is 0 Å². The van der Waals surface area contributed by atoms with Gasteiger partial charge in [0.2, 0.25) is 10.0 Å². The van der Waals surface area contributed by atoms with Gasteiger partial charge in [-0.05, 0) is 19.1 Å². The van der Waals surface area contributed by atoms with E-state index in [9.17, 15) is 13.2 Å². The number of benzene rings is 1. The lowest BCUT2D eigenvalue weighted by molar-refractivity contribution is -0.138. The zero-order valence-electron chi connectivity index (χ0n) is 9.38. The summed E-state index contributed by atoms with van der Waals surface area (Å²) < 4.78 is 30.7. The van der Waals surface area contributed by atoms with Crippen LogP contribution in [0.2, 0.25) is 0 Å². The Hall–Kier alpha value is -1.60. The molecule has 0 aliphatic carbocycles. The maximum Gasteiger partial charge on any atom is 0.321 e. The van der Waals surface area contributed by atoms with Crippen molar-refractivity contribution in [3.8, 4) is 5.75 Å². The lowest BCUT2D eigenvalue weighted by Gasteiger charge is -2.12. The molecule has 1 atom stereocenters. The number of carboxylic acids is 1. The molecule has 0 aliphatic rings. The van der Waals surface area contributed by atoms with Crippen molar-refractivity contribution in [2.24, 2.45) is 0 Å². The van der Waals surface area contributed by atoms with Gasteiger partial charge < -0.3 is 9.84 Å². The largest absolute Gasteiger partial charge is 0.495 e. The fraction of sp³-hybridized carbons (Fsp3) is 0.300. The number of ether oxygens (including phenoxy) is 1. The van der Waals surface area contributed by atoms with Gasteiger partial charge in [-0.15, -0.1) is 0 Å². The quantitative estimate of drug-likeness (QED) is 0.800. The number of sulfonamides is 1. The summed E-state index contributed by atoms with van der Waals surface area (Å²) in [5.74, 6) is -1.08. The molecule has 1 rings (SSSR count). The van der Waals surface area contributed by atoms with Crippen LogP contribution in [0, 0.1) is 0 Å². The number of hydrogen-bond acceptors (Lipinski definition) is 4. The molecule has 6 nitrogen and oxygen atoms in total. The van der Waals surface area contributed by atoms with Crippen LogP contribution in [0.5, 0.6) is 5.75 Å². The van der Waals surface area contributed by atoms with E-state index in [1.807, 2.05) is 4.72 Å². The van der Waals surface area contributed by atoms with E-state index in [1.165, 1.54) is 32.2 Å². The third kappa shape index (κ3) is 3.18. The Bertz CT molecular complexity index is 511. The Morgan fingerprint density at radius 3 is 2.53 bits per heavy atom. The summed E-state index contributed by atoms with van der Waals surface area (Å²) in [6.07, 6.45) is 0. The second-order valence-corrected chi connectivity index (χ2v) is 5.01. The van der Waals surface area contributed by atoms with Crippen molar-refractivity contribution >= 4 is 16.0 Å². The van der Waals surface area contributed by atoms with Crippen molar-refractivity contribution in [2.75, 3.05) is 7.11 Å². The average Bonchev–Trinajstić information content (AvgIpc) is 2.28. The Kier molecular flexibility index (Phi) is 4.08. The summed E-state index contributed by atoms with van der Waals surface area (Å²) >= 11 is 0. The van der Waals surface area contributed by atoms with Crippen LogP contribution in [0.1, 0.15) is 6.92 Å². The molecule has 2 N–H and O–H groups in total. The maximum atomic E-state index is 11.9. The highest BCUT2D eigenvalue weighted by Crippen LogP contribution is 2.22. The van der Waals surface area contributed by atoms with Crippen LogP contribution in [-0.4, -0.2) is 32.6 Å². The number of carbonyl (C=O) groups is 1. The molecule has 17 heavy (non-hydrogen) atoms. The van der Waals surface area contributed by atoms with Crippen LogP contribution in [0.4, 0.5) is 0 Å². The van der Waals surface area contributed by atoms with Crippen molar-refractivity contribution in [3.05, 3.63) is 24.3 Å². The number of methoxy groups -OCH3 is 1. The van der Waals surface area contributed by atoms with E-state index in [0.29, 0.717) is 0 Å². The zero-order chi connectivity index (χ0) is 13.1. The van der Waals surface area contributed by atoms with Crippen molar-refractivity contribution in [1.82, 2.24) is 4.72 Å². The molecule has 7 heteroatoms. The molecule has 0 fully saturated rings. The Labute approximate surface area is 99.3 Å². The molecule has 0 amide bonds. The molecule has 0 aliphatic heterocycles. The van der Waals surface area contributed by atoms with E-state index < -0.39 is 22.0 Å². The van der Waals surface area contributed by atoms with Crippen LogP contribution in [0.15, 0.2) is 29.2 Å². The Morgan fingerprint density at radius 1 is 1.41 bits per heavy atom. The number of carboxylic acid groups (broad SMARTS) is 1. The number of para-hydroxylation sites is 1. The Morgan fingerprint density at radius 2 is 2.00 bits per heavy atom. The summed E-state index contributed by atoms with van der Waals surface area (Å²) in [5, 5.41) is 8.66. The van der Waals surface area contributed by atoms with Gasteiger partial charge in [-0.25, -0.2) is 8.42 Å². The van der Waals surface area contributed by atoms with Gasteiger partial charge in [0.25, 0.3) is 0 Å². The van der Waals surface area contributed by atoms with Crippen molar-refractivity contribution in [1.29, 1.82) is 0 Å². The second kappa shape index (κ2) is 5.15. The molecular weight excluding hydrogens is 246 g/mol. The van der Waals surface area contributed by atoms with Gasteiger partial charge in [0, 0.05) is 0 Å². The molecule has 0 aromatic heterocycles. The molecule has 0 bridgehead atoms. The zero-order valence-corrected chi connectivity index (χ0v) is 10.2. The normalized spacial score (nSPS) is 13.1. The number of rotatable bonds is 5. The number of hydrogen-bond donors (Lipinski definition) is 2. The van der Waals surface area contributed by atoms with Crippen molar-refractivity contribution in [2.45, 2.75) is 17.9 Å². The minimum atomic E-state index is -3.90. The molecule has 0 spiro atoms. The van der Waals surface area contributed by atoms with E-state index >= 15 is 0 Å². The third-order valence-electron chi connectivity index (χ3n) is 2.06. The average molecular weight is 259 g/mol. The van der Waals surface area contributed by atoms with Gasteiger partial charge >= 0.3 is 5.97 Å². The molecule has 0 radical (unpaired) electrons. The lowest BCUT2D eigenvalue weighted by atomic mass is 10.3. The third-order valence-corrected chi connectivity index (χ3v) is 3.64. The summed E-state index contributed by atoms with van der Waals surface area (Å²) in [7, 11) is -2.56. The predicted molar refractivity (Wildman–Crippen MR) is 60.4 cm³/mol. The summed E-state index contributed by atoms with van der Waals surface area (Å²) in [6, 6.07) is 4.78. The molecule has 94 valence electrons. The van der Waals surface area contributed by atoms with Crippen LogP contribution >= 0.6 is 0 Å².